The molecule has 6 nitrogen and oxygen atoms in total. The number of benzene rings is 1. The summed E-state index contributed by atoms with van der Waals surface area (Å²) in [7, 11) is -2.21. The molecule has 1 aromatic heterocycles. The second-order valence-electron chi connectivity index (χ2n) is 3.98. The van der Waals surface area contributed by atoms with Crippen molar-refractivity contribution in [3.05, 3.63) is 41.4 Å². The van der Waals surface area contributed by atoms with Gasteiger partial charge in [0.15, 0.2) is 0 Å². The predicted octanol–water partition coefficient (Wildman–Crippen LogP) is 1.47. The molecule has 1 heterocycles. The first-order chi connectivity index (χ1) is 8.91. The normalized spacial score (nSPS) is 11.9. The molecule has 19 heavy (non-hydrogen) atoms. The third-order valence-corrected chi connectivity index (χ3v) is 4.70. The average molecular weight is 301 g/mol. The van der Waals surface area contributed by atoms with E-state index in [1.165, 1.54) is 29.6 Å². The van der Waals surface area contributed by atoms with Crippen LogP contribution in [0.3, 0.4) is 0 Å². The van der Waals surface area contributed by atoms with Gasteiger partial charge in [0.25, 0.3) is 0 Å². The van der Waals surface area contributed by atoms with Crippen molar-refractivity contribution in [2.75, 3.05) is 12.8 Å². The highest BCUT2D eigenvalue weighted by Gasteiger charge is 2.24. The molecule has 102 valence electrons. The zero-order valence-corrected chi connectivity index (χ0v) is 11.7. The number of hydrogen-bond acceptors (Lipinski definition) is 4. The molecule has 0 amide bonds. The number of nitrogen functional groups attached to an aromatic ring is 1. The number of aromatic amines is 1. The lowest BCUT2D eigenvalue weighted by atomic mass is 10.3. The molecule has 0 radical (unpaired) electrons. The van der Waals surface area contributed by atoms with E-state index in [1.807, 2.05) is 0 Å². The van der Waals surface area contributed by atoms with Crippen molar-refractivity contribution in [3.8, 4) is 0 Å². The second kappa shape index (κ2) is 5.20. The van der Waals surface area contributed by atoms with Gasteiger partial charge in [-0.3, -0.25) is 0 Å². The topological polar surface area (TPSA) is 92.1 Å². The summed E-state index contributed by atoms with van der Waals surface area (Å²) in [5.74, 6) is 0.554. The van der Waals surface area contributed by atoms with Crippen LogP contribution in [0, 0.1) is 0 Å². The van der Waals surface area contributed by atoms with Crippen LogP contribution in [0.5, 0.6) is 0 Å². The summed E-state index contributed by atoms with van der Waals surface area (Å²) in [6, 6.07) is 4.30. The van der Waals surface area contributed by atoms with E-state index in [4.69, 9.17) is 17.3 Å². The number of rotatable bonds is 4. The standard InChI is InChI=1S/C11H13ClN4O2S/c1-16(7-11-14-4-5-15-11)19(17,18)10-3-2-8(12)6-9(10)13/h2-6H,7,13H2,1H3,(H,14,15). The van der Waals surface area contributed by atoms with Gasteiger partial charge < -0.3 is 10.7 Å². The van der Waals surface area contributed by atoms with Gasteiger partial charge in [-0.2, -0.15) is 4.31 Å². The first-order valence-electron chi connectivity index (χ1n) is 5.41. The quantitative estimate of drug-likeness (QED) is 0.836. The van der Waals surface area contributed by atoms with Crippen LogP contribution in [-0.2, 0) is 16.6 Å². The molecule has 0 bridgehead atoms. The molecular weight excluding hydrogens is 288 g/mol. The number of imidazole rings is 1. The van der Waals surface area contributed by atoms with Gasteiger partial charge in [0, 0.05) is 24.5 Å². The molecule has 0 aliphatic heterocycles. The Labute approximate surface area is 116 Å². The molecule has 0 fully saturated rings. The smallest absolute Gasteiger partial charge is 0.245 e. The summed E-state index contributed by atoms with van der Waals surface area (Å²) >= 11 is 5.76. The molecule has 3 N–H and O–H groups in total. The number of aromatic nitrogens is 2. The van der Waals surface area contributed by atoms with Crippen molar-refractivity contribution in [2.24, 2.45) is 0 Å². The fourth-order valence-corrected chi connectivity index (χ4v) is 3.01. The van der Waals surface area contributed by atoms with Gasteiger partial charge in [0.2, 0.25) is 10.0 Å². The molecule has 8 heteroatoms. The highest BCUT2D eigenvalue weighted by atomic mass is 35.5. The molecule has 0 unspecified atom stereocenters. The number of H-pyrrole nitrogens is 1. The number of halogens is 1. The van der Waals surface area contributed by atoms with E-state index in [0.717, 1.165) is 0 Å². The van der Waals surface area contributed by atoms with Gasteiger partial charge in [-0.1, -0.05) is 11.6 Å². The van der Waals surface area contributed by atoms with Crippen LogP contribution in [0.4, 0.5) is 5.69 Å². The Morgan fingerprint density at radius 1 is 1.47 bits per heavy atom. The van der Waals surface area contributed by atoms with Crippen LogP contribution in [0.25, 0.3) is 0 Å². The van der Waals surface area contributed by atoms with Crippen molar-refractivity contribution in [1.82, 2.24) is 14.3 Å². The maximum Gasteiger partial charge on any atom is 0.245 e. The van der Waals surface area contributed by atoms with E-state index in [9.17, 15) is 8.42 Å². The lowest BCUT2D eigenvalue weighted by molar-refractivity contribution is 0.458. The van der Waals surface area contributed by atoms with Gasteiger partial charge in [0.1, 0.15) is 10.7 Å². The minimum Gasteiger partial charge on any atom is -0.398 e. The summed E-state index contributed by atoms with van der Waals surface area (Å²) in [6.07, 6.45) is 3.19. The third-order valence-electron chi connectivity index (χ3n) is 2.59. The van der Waals surface area contributed by atoms with Crippen LogP contribution < -0.4 is 5.73 Å². The van der Waals surface area contributed by atoms with Gasteiger partial charge in [0.05, 0.1) is 12.2 Å². The summed E-state index contributed by atoms with van der Waals surface area (Å²) < 4.78 is 25.9. The van der Waals surface area contributed by atoms with Crippen molar-refractivity contribution in [3.63, 3.8) is 0 Å². The van der Waals surface area contributed by atoms with Crippen molar-refractivity contribution in [1.29, 1.82) is 0 Å². The Hall–Kier alpha value is -1.57. The lowest BCUT2D eigenvalue weighted by Gasteiger charge is -2.17. The van der Waals surface area contributed by atoms with Crippen LogP contribution in [-0.4, -0.2) is 29.7 Å². The summed E-state index contributed by atoms with van der Waals surface area (Å²) in [5, 5.41) is 0.394. The Balaban J connectivity index is 2.31. The Kier molecular flexibility index (Phi) is 3.79. The first-order valence-corrected chi connectivity index (χ1v) is 7.22. The molecular formula is C11H13ClN4O2S. The number of anilines is 1. The van der Waals surface area contributed by atoms with Crippen molar-refractivity contribution in [2.45, 2.75) is 11.4 Å². The van der Waals surface area contributed by atoms with Crippen LogP contribution in [0.2, 0.25) is 5.02 Å². The maximum absolute atomic E-state index is 12.4. The second-order valence-corrected chi connectivity index (χ2v) is 6.43. The fraction of sp³-hybridized carbons (Fsp3) is 0.182. The van der Waals surface area contributed by atoms with Crippen molar-refractivity contribution >= 4 is 27.3 Å². The van der Waals surface area contributed by atoms with Gasteiger partial charge in [-0.25, -0.2) is 13.4 Å². The van der Waals surface area contributed by atoms with E-state index in [0.29, 0.717) is 10.8 Å². The van der Waals surface area contributed by atoms with Crippen molar-refractivity contribution < 1.29 is 8.42 Å². The van der Waals surface area contributed by atoms with E-state index in [2.05, 4.69) is 9.97 Å². The fourth-order valence-electron chi connectivity index (χ4n) is 1.60. The zero-order chi connectivity index (χ0) is 14.0. The Morgan fingerprint density at radius 3 is 2.79 bits per heavy atom. The zero-order valence-electron chi connectivity index (χ0n) is 10.2. The number of nitrogens with zero attached hydrogens (tertiary/aromatic N) is 2. The minimum absolute atomic E-state index is 0.0333. The molecule has 1 aromatic carbocycles. The molecule has 0 atom stereocenters. The van der Waals surface area contributed by atoms with E-state index >= 15 is 0 Å². The molecule has 0 aliphatic carbocycles. The van der Waals surface area contributed by atoms with Crippen LogP contribution in [0.1, 0.15) is 5.82 Å². The summed E-state index contributed by atoms with van der Waals surface area (Å²) in [6.45, 7) is 0.136. The highest BCUT2D eigenvalue weighted by molar-refractivity contribution is 7.89. The molecule has 0 saturated heterocycles. The first kappa shape index (κ1) is 13.9. The molecule has 2 aromatic rings. The molecule has 0 spiro atoms. The maximum atomic E-state index is 12.4. The summed E-state index contributed by atoms with van der Waals surface area (Å²) in [5.41, 5.74) is 5.83. The molecule has 0 saturated carbocycles. The van der Waals surface area contributed by atoms with Crippen LogP contribution >= 0.6 is 11.6 Å². The number of nitrogens with two attached hydrogens (primary N) is 1. The Morgan fingerprint density at radius 2 is 2.21 bits per heavy atom. The number of sulfonamides is 1. The van der Waals surface area contributed by atoms with E-state index in [1.54, 1.807) is 12.4 Å². The third kappa shape index (κ3) is 2.89. The molecule has 2 rings (SSSR count). The average Bonchev–Trinajstić information content (AvgIpc) is 2.81. The monoisotopic (exact) mass is 300 g/mol. The van der Waals surface area contributed by atoms with Gasteiger partial charge in [-0.15, -0.1) is 0 Å². The lowest BCUT2D eigenvalue weighted by Crippen LogP contribution is -2.27. The van der Waals surface area contributed by atoms with Gasteiger partial charge >= 0.3 is 0 Å². The number of hydrogen-bond donors (Lipinski definition) is 2. The van der Waals surface area contributed by atoms with Crippen LogP contribution in [0.15, 0.2) is 35.5 Å². The van der Waals surface area contributed by atoms with E-state index in [-0.39, 0.29) is 17.1 Å². The highest BCUT2D eigenvalue weighted by Crippen LogP contribution is 2.25. The van der Waals surface area contributed by atoms with E-state index < -0.39 is 10.0 Å². The number of nitrogens with one attached hydrogen (secondary N) is 1. The largest absolute Gasteiger partial charge is 0.398 e. The summed E-state index contributed by atoms with van der Waals surface area (Å²) in [4.78, 5) is 6.86. The molecule has 0 aliphatic rings. The SMILES string of the molecule is CN(Cc1ncc[nH]1)S(=O)(=O)c1ccc(Cl)cc1N. The predicted molar refractivity (Wildman–Crippen MR) is 73.1 cm³/mol. The van der Waals surface area contributed by atoms with Gasteiger partial charge in [-0.05, 0) is 18.2 Å². The minimum atomic E-state index is -3.67. The Bertz CT molecular complexity index is 670.